The SMILES string of the molecule is Cc1cn(C2CC(NC(c3ccccc3)(c3ccccc3)c3ccccc3)C(COP(OCCC#N)N(C(C)C)C(C)C)O2)c(=O)[nH]c1=O. The van der Waals surface area contributed by atoms with E-state index in [1.165, 1.54) is 4.57 Å². The Balaban J connectivity index is 1.59. The van der Waals surface area contributed by atoms with Gasteiger partial charge in [-0.1, -0.05) is 91.0 Å². The van der Waals surface area contributed by atoms with Crippen molar-refractivity contribution in [1.29, 1.82) is 5.26 Å². The molecule has 1 saturated heterocycles. The quantitative estimate of drug-likeness (QED) is 0.0842. The lowest BCUT2D eigenvalue weighted by Crippen LogP contribution is -2.53. The number of hydrogen-bond donors (Lipinski definition) is 2. The number of aryl methyl sites for hydroxylation is 1. The number of H-pyrrole nitrogens is 1. The molecular weight excluding hydrogens is 637 g/mol. The second kappa shape index (κ2) is 16.6. The highest BCUT2D eigenvalue weighted by Crippen LogP contribution is 2.47. The average Bonchev–Trinajstić information content (AvgIpc) is 3.50. The Kier molecular flexibility index (Phi) is 12.3. The fraction of sp³-hybridized carbons (Fsp3) is 0.395. The van der Waals surface area contributed by atoms with Gasteiger partial charge in [0.05, 0.1) is 37.3 Å². The van der Waals surface area contributed by atoms with E-state index in [1.54, 1.807) is 13.1 Å². The Morgan fingerprint density at radius 2 is 1.47 bits per heavy atom. The summed E-state index contributed by atoms with van der Waals surface area (Å²) in [4.78, 5) is 27.8. The van der Waals surface area contributed by atoms with Gasteiger partial charge in [-0.05, 0) is 51.3 Å². The summed E-state index contributed by atoms with van der Waals surface area (Å²) in [7, 11) is -1.54. The van der Waals surface area contributed by atoms with E-state index < -0.39 is 37.6 Å². The van der Waals surface area contributed by atoms with Crippen molar-refractivity contribution in [2.75, 3.05) is 13.2 Å². The Bertz CT molecular complexity index is 1690. The van der Waals surface area contributed by atoms with Crippen molar-refractivity contribution in [2.45, 2.75) is 83.5 Å². The normalized spacial score (nSPS) is 18.6. The summed E-state index contributed by atoms with van der Waals surface area (Å²) in [5.74, 6) is 0. The number of nitrogens with zero attached hydrogens (tertiary/aromatic N) is 3. The maximum atomic E-state index is 13.1. The summed E-state index contributed by atoms with van der Waals surface area (Å²) in [6.07, 6.45) is 1.03. The van der Waals surface area contributed by atoms with Crippen LogP contribution in [0.5, 0.6) is 0 Å². The molecule has 0 spiro atoms. The molecule has 1 aliphatic heterocycles. The number of hydrogen-bond acceptors (Lipinski definition) is 8. The summed E-state index contributed by atoms with van der Waals surface area (Å²) in [6.45, 7) is 10.5. The van der Waals surface area contributed by atoms with E-state index in [1.807, 2.05) is 54.6 Å². The highest BCUT2D eigenvalue weighted by atomic mass is 31.2. The molecule has 0 bridgehead atoms. The van der Waals surface area contributed by atoms with E-state index in [9.17, 15) is 14.9 Å². The second-order valence-electron chi connectivity index (χ2n) is 12.8. The molecular formula is C38H46N5O5P. The number of ether oxygens (including phenoxy) is 1. The number of rotatable bonds is 15. The minimum atomic E-state index is -1.54. The van der Waals surface area contributed by atoms with Crippen LogP contribution in [0.3, 0.4) is 0 Å². The van der Waals surface area contributed by atoms with Crippen molar-refractivity contribution < 1.29 is 13.8 Å². The molecule has 4 unspecified atom stereocenters. The summed E-state index contributed by atoms with van der Waals surface area (Å²) in [5, 5.41) is 13.2. The molecule has 2 N–H and O–H groups in total. The summed E-state index contributed by atoms with van der Waals surface area (Å²) < 4.78 is 23.2. The van der Waals surface area contributed by atoms with E-state index in [2.05, 4.69) is 85.1 Å². The lowest BCUT2D eigenvalue weighted by Gasteiger charge is -2.40. The van der Waals surface area contributed by atoms with Crippen LogP contribution >= 0.6 is 8.53 Å². The third kappa shape index (κ3) is 8.27. The zero-order chi connectivity index (χ0) is 35.0. The number of aromatic nitrogens is 2. The fourth-order valence-corrected chi connectivity index (χ4v) is 8.17. The Morgan fingerprint density at radius 3 is 1.96 bits per heavy atom. The summed E-state index contributed by atoms with van der Waals surface area (Å²) in [5.41, 5.74) is 1.79. The molecule has 0 radical (unpaired) electrons. The minimum absolute atomic E-state index is 0.129. The number of benzene rings is 3. The third-order valence-corrected chi connectivity index (χ3v) is 10.8. The molecule has 3 aromatic carbocycles. The van der Waals surface area contributed by atoms with E-state index >= 15 is 0 Å². The molecule has 0 aliphatic carbocycles. The van der Waals surface area contributed by atoms with Gasteiger partial charge in [0.25, 0.3) is 14.1 Å². The van der Waals surface area contributed by atoms with Crippen LogP contribution in [0.15, 0.2) is 107 Å². The minimum Gasteiger partial charge on any atom is -0.351 e. The molecule has 0 amide bonds. The van der Waals surface area contributed by atoms with Gasteiger partial charge in [-0.25, -0.2) is 9.46 Å². The predicted molar refractivity (Wildman–Crippen MR) is 192 cm³/mol. The first kappa shape index (κ1) is 36.3. The van der Waals surface area contributed by atoms with Gasteiger partial charge in [0.1, 0.15) is 6.23 Å². The van der Waals surface area contributed by atoms with Gasteiger partial charge in [0.2, 0.25) is 0 Å². The largest absolute Gasteiger partial charge is 0.351 e. The number of nitrogens with one attached hydrogen (secondary N) is 2. The van der Waals surface area contributed by atoms with Crippen LogP contribution in [0.25, 0.3) is 0 Å². The first-order valence-electron chi connectivity index (χ1n) is 16.8. The summed E-state index contributed by atoms with van der Waals surface area (Å²) in [6, 6.07) is 33.0. The van der Waals surface area contributed by atoms with Gasteiger partial charge in [-0.15, -0.1) is 0 Å². The van der Waals surface area contributed by atoms with E-state index in [4.69, 9.17) is 13.8 Å². The maximum absolute atomic E-state index is 13.1. The maximum Gasteiger partial charge on any atom is 0.330 e. The number of nitriles is 1. The molecule has 1 aliphatic rings. The third-order valence-electron chi connectivity index (χ3n) is 8.73. The van der Waals surface area contributed by atoms with Crippen molar-refractivity contribution >= 4 is 8.53 Å². The molecule has 10 nitrogen and oxygen atoms in total. The topological polar surface area (TPSA) is 122 Å². The van der Waals surface area contributed by atoms with Crippen LogP contribution in [0.2, 0.25) is 0 Å². The molecule has 49 heavy (non-hydrogen) atoms. The highest BCUT2D eigenvalue weighted by Gasteiger charge is 2.45. The van der Waals surface area contributed by atoms with Crippen LogP contribution in [-0.2, 0) is 19.3 Å². The lowest BCUT2D eigenvalue weighted by molar-refractivity contribution is -0.0279. The molecule has 4 atom stereocenters. The van der Waals surface area contributed by atoms with Crippen molar-refractivity contribution in [1.82, 2.24) is 19.5 Å². The van der Waals surface area contributed by atoms with Crippen molar-refractivity contribution in [3.8, 4) is 6.07 Å². The van der Waals surface area contributed by atoms with Crippen LogP contribution in [-0.4, -0.2) is 51.7 Å². The molecule has 2 heterocycles. The van der Waals surface area contributed by atoms with Crippen molar-refractivity contribution in [3.63, 3.8) is 0 Å². The first-order valence-corrected chi connectivity index (χ1v) is 17.9. The van der Waals surface area contributed by atoms with Gasteiger partial charge in [0, 0.05) is 36.3 Å². The zero-order valence-electron chi connectivity index (χ0n) is 28.8. The van der Waals surface area contributed by atoms with Crippen molar-refractivity contribution in [2.24, 2.45) is 0 Å². The fourth-order valence-electron chi connectivity index (χ4n) is 6.55. The standard InChI is InChI=1S/C38H46N5O5P/c1-27(2)43(28(3)4)49(46-23-15-22-39)47-26-34-33(24-35(48-34)42-25-29(5)36(44)40-37(42)45)41-38(30-16-9-6-10-17-30,31-18-11-7-12-19-31)32-20-13-8-14-21-32/h6-14,16-21,25,27-28,33-35,41H,15,23-24,26H2,1-5H3,(H,40,44,45). The van der Waals surface area contributed by atoms with Gasteiger partial charge in [-0.2, -0.15) is 5.26 Å². The van der Waals surface area contributed by atoms with Gasteiger partial charge in [-0.3, -0.25) is 19.7 Å². The van der Waals surface area contributed by atoms with E-state index in [-0.39, 0.29) is 37.8 Å². The van der Waals surface area contributed by atoms with Crippen LogP contribution in [0.4, 0.5) is 0 Å². The molecule has 4 aromatic rings. The average molecular weight is 684 g/mol. The molecule has 11 heteroatoms. The highest BCUT2D eigenvalue weighted by molar-refractivity contribution is 7.44. The molecule has 1 fully saturated rings. The summed E-state index contributed by atoms with van der Waals surface area (Å²) >= 11 is 0. The Hall–Kier alpha value is -3.94. The zero-order valence-corrected chi connectivity index (χ0v) is 29.7. The molecule has 0 saturated carbocycles. The first-order chi connectivity index (χ1) is 23.6. The molecule has 5 rings (SSSR count). The Labute approximate surface area is 289 Å². The smallest absolute Gasteiger partial charge is 0.330 e. The van der Waals surface area contributed by atoms with Gasteiger partial charge >= 0.3 is 5.69 Å². The predicted octanol–water partition coefficient (Wildman–Crippen LogP) is 6.38. The van der Waals surface area contributed by atoms with Crippen LogP contribution in [0.1, 0.15) is 69.0 Å². The van der Waals surface area contributed by atoms with Crippen LogP contribution < -0.4 is 16.6 Å². The van der Waals surface area contributed by atoms with Crippen molar-refractivity contribution in [3.05, 3.63) is 140 Å². The second-order valence-corrected chi connectivity index (χ2v) is 14.2. The van der Waals surface area contributed by atoms with Gasteiger partial charge < -0.3 is 13.8 Å². The van der Waals surface area contributed by atoms with Crippen LogP contribution in [0, 0.1) is 18.3 Å². The van der Waals surface area contributed by atoms with Gasteiger partial charge in [0.15, 0.2) is 0 Å². The Morgan fingerprint density at radius 1 is 0.939 bits per heavy atom. The number of aromatic amines is 1. The molecule has 1 aromatic heterocycles. The molecule has 258 valence electrons. The van der Waals surface area contributed by atoms with E-state index in [0.29, 0.717) is 12.0 Å². The monoisotopic (exact) mass is 683 g/mol. The lowest BCUT2D eigenvalue weighted by atomic mass is 9.76. The van der Waals surface area contributed by atoms with E-state index in [0.717, 1.165) is 16.7 Å².